The van der Waals surface area contributed by atoms with Gasteiger partial charge >= 0.3 is 0 Å². The van der Waals surface area contributed by atoms with E-state index in [2.05, 4.69) is 22.3 Å². The molecular formula is C30H30N6O2. The van der Waals surface area contributed by atoms with Crippen molar-refractivity contribution in [3.8, 4) is 22.5 Å². The second-order valence-electron chi connectivity index (χ2n) is 11.6. The van der Waals surface area contributed by atoms with E-state index in [4.69, 9.17) is 15.7 Å². The number of rotatable bonds is 5. The van der Waals surface area contributed by atoms with Gasteiger partial charge in [-0.1, -0.05) is 54.6 Å². The number of benzene rings is 2. The Morgan fingerprint density at radius 2 is 1.53 bits per heavy atom. The van der Waals surface area contributed by atoms with Gasteiger partial charge in [0.15, 0.2) is 17.1 Å². The lowest BCUT2D eigenvalue weighted by molar-refractivity contribution is -0.106. The van der Waals surface area contributed by atoms with E-state index in [-0.39, 0.29) is 0 Å². The van der Waals surface area contributed by atoms with E-state index in [1.54, 1.807) is 18.2 Å². The highest BCUT2D eigenvalue weighted by Gasteiger charge is 2.58. The summed E-state index contributed by atoms with van der Waals surface area (Å²) in [6.45, 7) is 3.36. The maximum absolute atomic E-state index is 10.8. The lowest BCUT2D eigenvalue weighted by atomic mass is 9.60. The van der Waals surface area contributed by atoms with Crippen LogP contribution in [-0.4, -0.2) is 40.4 Å². The fourth-order valence-corrected chi connectivity index (χ4v) is 5.99. The van der Waals surface area contributed by atoms with Crippen LogP contribution in [0.15, 0.2) is 66.7 Å². The summed E-state index contributed by atoms with van der Waals surface area (Å²) >= 11 is 0. The van der Waals surface area contributed by atoms with Gasteiger partial charge in [-0.05, 0) is 63.1 Å². The van der Waals surface area contributed by atoms with Gasteiger partial charge in [-0.2, -0.15) is 0 Å². The number of nitrogens with two attached hydrogens (primary N) is 1. The van der Waals surface area contributed by atoms with Gasteiger partial charge in [0.2, 0.25) is 0 Å². The molecule has 8 heteroatoms. The molecule has 7 rings (SSSR count). The molecule has 8 nitrogen and oxygen atoms in total. The molecule has 0 bridgehead atoms. The normalized spacial score (nSPS) is 23.6. The Labute approximate surface area is 220 Å². The van der Waals surface area contributed by atoms with E-state index in [1.165, 1.54) is 0 Å². The standard InChI is InChI=1S/C30H30N6O2/c1-28(2,37)27-35-34-23-15-14-22-26(36(23)27)33-25(18-6-4-3-5-7-18)24(32-22)19-8-10-20(11-9-19)29(31)16-30(38,17-29)21-12-13-21/h3-11,14-15,21,37-38H,12-13,16-17,31H2,1-2H3. The van der Waals surface area contributed by atoms with Gasteiger partial charge in [-0.25, -0.2) is 9.97 Å². The second kappa shape index (κ2) is 7.89. The van der Waals surface area contributed by atoms with Crippen molar-refractivity contribution >= 4 is 16.8 Å². The largest absolute Gasteiger partial charge is 0.389 e. The lowest BCUT2D eigenvalue weighted by Gasteiger charge is -2.52. The Kier molecular flexibility index (Phi) is 4.86. The van der Waals surface area contributed by atoms with Crippen molar-refractivity contribution in [3.63, 3.8) is 0 Å². The minimum atomic E-state index is -1.21. The Balaban J connectivity index is 1.36. The van der Waals surface area contributed by atoms with E-state index < -0.39 is 16.7 Å². The van der Waals surface area contributed by atoms with E-state index in [0.29, 0.717) is 41.4 Å². The molecular weight excluding hydrogens is 476 g/mol. The zero-order valence-electron chi connectivity index (χ0n) is 21.5. The first kappa shape index (κ1) is 23.4. The predicted molar refractivity (Wildman–Crippen MR) is 145 cm³/mol. The molecule has 3 aromatic heterocycles. The topological polar surface area (TPSA) is 122 Å². The second-order valence-corrected chi connectivity index (χ2v) is 11.6. The smallest absolute Gasteiger partial charge is 0.170 e. The van der Waals surface area contributed by atoms with Crippen molar-refractivity contribution in [2.75, 3.05) is 0 Å². The van der Waals surface area contributed by atoms with E-state index in [9.17, 15) is 10.2 Å². The quantitative estimate of drug-likeness (QED) is 0.324. The SMILES string of the molecule is CC(C)(O)c1nnc2ccc3nc(-c4ccc(C5(N)CC(O)(C6CC6)C5)cc4)c(-c4ccccc4)nc3n12. The first-order valence-electron chi connectivity index (χ1n) is 13.1. The summed E-state index contributed by atoms with van der Waals surface area (Å²) in [4.78, 5) is 10.2. The molecule has 0 amide bonds. The molecule has 3 heterocycles. The monoisotopic (exact) mass is 506 g/mol. The van der Waals surface area contributed by atoms with Crippen molar-refractivity contribution in [1.82, 2.24) is 24.6 Å². The van der Waals surface area contributed by atoms with Crippen molar-refractivity contribution in [3.05, 3.63) is 78.1 Å². The van der Waals surface area contributed by atoms with Gasteiger partial charge in [-0.3, -0.25) is 4.40 Å². The summed E-state index contributed by atoms with van der Waals surface area (Å²) in [5, 5.41) is 30.1. The summed E-state index contributed by atoms with van der Waals surface area (Å²) in [6, 6.07) is 21.9. The molecule has 0 atom stereocenters. The first-order valence-corrected chi connectivity index (χ1v) is 13.1. The Hall–Kier alpha value is -3.72. The molecule has 5 aromatic rings. The Bertz CT molecular complexity index is 1680. The summed E-state index contributed by atoms with van der Waals surface area (Å²) in [6.07, 6.45) is 3.42. The van der Waals surface area contributed by atoms with Gasteiger partial charge in [-0.15, -0.1) is 10.2 Å². The molecule has 2 aliphatic rings. The van der Waals surface area contributed by atoms with Crippen LogP contribution in [0.1, 0.15) is 50.9 Å². The average molecular weight is 507 g/mol. The molecule has 0 aliphatic heterocycles. The van der Waals surface area contributed by atoms with Crippen molar-refractivity contribution in [1.29, 1.82) is 0 Å². The first-order chi connectivity index (χ1) is 18.1. The van der Waals surface area contributed by atoms with E-state index in [1.807, 2.05) is 54.6 Å². The van der Waals surface area contributed by atoms with Crippen LogP contribution in [0, 0.1) is 5.92 Å². The molecule has 2 aliphatic carbocycles. The van der Waals surface area contributed by atoms with Crippen LogP contribution in [0.3, 0.4) is 0 Å². The van der Waals surface area contributed by atoms with Crippen LogP contribution in [0.4, 0.5) is 0 Å². The number of pyridine rings is 1. The molecule has 2 aromatic carbocycles. The maximum Gasteiger partial charge on any atom is 0.170 e. The fraction of sp³-hybridized carbons (Fsp3) is 0.333. The predicted octanol–water partition coefficient (Wildman–Crippen LogP) is 4.32. The van der Waals surface area contributed by atoms with Crippen LogP contribution >= 0.6 is 0 Å². The number of nitrogens with zero attached hydrogens (tertiary/aromatic N) is 5. The Morgan fingerprint density at radius 3 is 2.18 bits per heavy atom. The van der Waals surface area contributed by atoms with Crippen LogP contribution < -0.4 is 5.73 Å². The van der Waals surface area contributed by atoms with Gasteiger partial charge in [0, 0.05) is 16.7 Å². The maximum atomic E-state index is 10.8. The minimum absolute atomic E-state index is 0.406. The fourth-order valence-electron chi connectivity index (χ4n) is 5.99. The molecule has 0 spiro atoms. The van der Waals surface area contributed by atoms with Gasteiger partial charge in [0.1, 0.15) is 11.1 Å². The molecule has 4 N–H and O–H groups in total. The summed E-state index contributed by atoms with van der Waals surface area (Å²) in [7, 11) is 0. The van der Waals surface area contributed by atoms with E-state index in [0.717, 1.165) is 40.9 Å². The zero-order valence-corrected chi connectivity index (χ0v) is 21.5. The third-order valence-electron chi connectivity index (χ3n) is 8.10. The molecule has 0 saturated heterocycles. The van der Waals surface area contributed by atoms with Crippen molar-refractivity contribution in [2.24, 2.45) is 11.7 Å². The molecule has 2 saturated carbocycles. The summed E-state index contributed by atoms with van der Waals surface area (Å²) in [5.74, 6) is 0.817. The number of hydrogen-bond acceptors (Lipinski definition) is 7. The van der Waals surface area contributed by atoms with Crippen LogP contribution in [0.2, 0.25) is 0 Å². The zero-order chi connectivity index (χ0) is 26.3. The van der Waals surface area contributed by atoms with E-state index >= 15 is 0 Å². The van der Waals surface area contributed by atoms with Crippen molar-refractivity contribution in [2.45, 2.75) is 56.3 Å². The van der Waals surface area contributed by atoms with Crippen molar-refractivity contribution < 1.29 is 10.2 Å². The van der Waals surface area contributed by atoms with Crippen LogP contribution in [-0.2, 0) is 11.1 Å². The molecule has 2 fully saturated rings. The molecule has 0 radical (unpaired) electrons. The van der Waals surface area contributed by atoms with Crippen LogP contribution in [0.25, 0.3) is 39.3 Å². The third kappa shape index (κ3) is 3.63. The number of hydrogen-bond donors (Lipinski definition) is 3. The van der Waals surface area contributed by atoms with Crippen LogP contribution in [0.5, 0.6) is 0 Å². The Morgan fingerprint density at radius 1 is 0.868 bits per heavy atom. The lowest BCUT2D eigenvalue weighted by Crippen LogP contribution is -2.60. The molecule has 38 heavy (non-hydrogen) atoms. The third-order valence-corrected chi connectivity index (χ3v) is 8.10. The highest BCUT2D eigenvalue weighted by atomic mass is 16.3. The summed E-state index contributed by atoms with van der Waals surface area (Å²) < 4.78 is 1.78. The van der Waals surface area contributed by atoms with Gasteiger partial charge in [0.05, 0.1) is 17.0 Å². The average Bonchev–Trinajstić information content (AvgIpc) is 3.65. The van der Waals surface area contributed by atoms with Gasteiger partial charge < -0.3 is 15.9 Å². The molecule has 0 unspecified atom stereocenters. The number of fused-ring (bicyclic) bond motifs is 3. The number of aromatic nitrogens is 5. The summed E-state index contributed by atoms with van der Waals surface area (Å²) in [5.41, 5.74) is 10.6. The van der Waals surface area contributed by atoms with Gasteiger partial charge in [0.25, 0.3) is 0 Å². The highest BCUT2D eigenvalue weighted by Crippen LogP contribution is 2.57. The highest BCUT2D eigenvalue weighted by molar-refractivity contribution is 5.86. The molecule has 192 valence electrons. The minimum Gasteiger partial charge on any atom is -0.389 e. The number of aliphatic hydroxyl groups is 2.